The molecule has 0 aliphatic carbocycles. The van der Waals surface area contributed by atoms with Gasteiger partial charge in [0.15, 0.2) is 0 Å². The van der Waals surface area contributed by atoms with E-state index in [2.05, 4.69) is 17.6 Å². The fourth-order valence-corrected chi connectivity index (χ4v) is 6.50. The Labute approximate surface area is 260 Å². The molecule has 3 aromatic carbocycles. The van der Waals surface area contributed by atoms with E-state index in [4.69, 9.17) is 5.73 Å². The van der Waals surface area contributed by atoms with Crippen molar-refractivity contribution < 1.29 is 19.2 Å². The zero-order valence-electron chi connectivity index (χ0n) is 26.7. The van der Waals surface area contributed by atoms with Crippen molar-refractivity contribution in [2.45, 2.75) is 72.3 Å². The summed E-state index contributed by atoms with van der Waals surface area (Å²) in [6.45, 7) is 13.4. The standard InChI is InChI=1S/C36H44N4O4/c1-8-35(6,22-36(7,32(37)43)29-24(3)30(41)40(31(29)42)28-12-10-9-11-13-28)26-18-16-25(17-19-26)34(4,5)39-33(44)38-27-20-14-23(2)15-21-27/h9-21,24,29H,8,22H2,1-7H3,(H2,37,43)(H2,38,39,44). The zero-order chi connectivity index (χ0) is 32.4. The highest BCUT2D eigenvalue weighted by Gasteiger charge is 2.58. The predicted molar refractivity (Wildman–Crippen MR) is 174 cm³/mol. The van der Waals surface area contributed by atoms with E-state index in [0.717, 1.165) is 16.7 Å². The molecule has 1 aliphatic rings. The monoisotopic (exact) mass is 596 g/mol. The highest BCUT2D eigenvalue weighted by Crippen LogP contribution is 2.49. The van der Waals surface area contributed by atoms with Crippen LogP contribution in [0.2, 0.25) is 0 Å². The van der Waals surface area contributed by atoms with Gasteiger partial charge in [0.05, 0.1) is 22.6 Å². The fourth-order valence-electron chi connectivity index (χ4n) is 6.50. The molecule has 4 rings (SSSR count). The van der Waals surface area contributed by atoms with Gasteiger partial charge in [0, 0.05) is 11.6 Å². The van der Waals surface area contributed by atoms with Crippen LogP contribution >= 0.6 is 0 Å². The molecule has 0 radical (unpaired) electrons. The average Bonchev–Trinajstić information content (AvgIpc) is 3.21. The summed E-state index contributed by atoms with van der Waals surface area (Å²) in [4.78, 5) is 54.3. The summed E-state index contributed by atoms with van der Waals surface area (Å²) in [5, 5.41) is 5.92. The van der Waals surface area contributed by atoms with Crippen LogP contribution in [0, 0.1) is 24.2 Å². The maximum absolute atomic E-state index is 13.8. The Hall–Kier alpha value is -4.46. The summed E-state index contributed by atoms with van der Waals surface area (Å²) in [5.41, 5.74) is 7.75. The van der Waals surface area contributed by atoms with Gasteiger partial charge in [0.1, 0.15) is 0 Å². The van der Waals surface area contributed by atoms with Crippen LogP contribution in [-0.2, 0) is 25.3 Å². The lowest BCUT2D eigenvalue weighted by atomic mass is 9.61. The van der Waals surface area contributed by atoms with Crippen molar-refractivity contribution in [1.29, 1.82) is 0 Å². The Morgan fingerprint density at radius 2 is 1.41 bits per heavy atom. The number of nitrogens with two attached hydrogens (primary N) is 1. The number of primary amides is 1. The molecule has 3 aromatic rings. The van der Waals surface area contributed by atoms with Gasteiger partial charge in [0.2, 0.25) is 17.7 Å². The Morgan fingerprint density at radius 3 is 1.95 bits per heavy atom. The largest absolute Gasteiger partial charge is 0.369 e. The molecule has 0 spiro atoms. The first kappa shape index (κ1) is 32.5. The first-order valence-electron chi connectivity index (χ1n) is 15.1. The number of carbonyl (C=O) groups is 4. The van der Waals surface area contributed by atoms with E-state index in [1.807, 2.05) is 82.3 Å². The van der Waals surface area contributed by atoms with Crippen LogP contribution in [0.1, 0.15) is 71.1 Å². The molecule has 1 fully saturated rings. The summed E-state index contributed by atoms with van der Waals surface area (Å²) in [7, 11) is 0. The predicted octanol–water partition coefficient (Wildman–Crippen LogP) is 6.43. The van der Waals surface area contributed by atoms with Crippen LogP contribution in [0.4, 0.5) is 16.2 Å². The maximum atomic E-state index is 13.8. The van der Waals surface area contributed by atoms with Gasteiger partial charge in [-0.1, -0.05) is 80.9 Å². The minimum Gasteiger partial charge on any atom is -0.369 e. The van der Waals surface area contributed by atoms with E-state index in [1.165, 1.54) is 4.90 Å². The van der Waals surface area contributed by atoms with Crippen molar-refractivity contribution in [3.63, 3.8) is 0 Å². The molecule has 4 N–H and O–H groups in total. The van der Waals surface area contributed by atoms with Crippen LogP contribution in [0.5, 0.6) is 0 Å². The lowest BCUT2D eigenvalue weighted by Crippen LogP contribution is -2.49. The molecular weight excluding hydrogens is 552 g/mol. The first-order valence-corrected chi connectivity index (χ1v) is 15.1. The number of anilines is 2. The van der Waals surface area contributed by atoms with Crippen molar-refractivity contribution in [3.05, 3.63) is 95.6 Å². The number of aryl methyl sites for hydroxylation is 1. The number of carbonyl (C=O) groups excluding carboxylic acids is 4. The van der Waals surface area contributed by atoms with Crippen molar-refractivity contribution in [2.24, 2.45) is 23.0 Å². The third kappa shape index (κ3) is 6.25. The quantitative estimate of drug-likeness (QED) is 0.234. The Kier molecular flexibility index (Phi) is 9.05. The number of benzene rings is 3. The number of urea groups is 1. The van der Waals surface area contributed by atoms with Gasteiger partial charge in [-0.3, -0.25) is 19.3 Å². The molecule has 5 amide bonds. The summed E-state index contributed by atoms with van der Waals surface area (Å²) in [6, 6.07) is 24.0. The Balaban J connectivity index is 1.57. The summed E-state index contributed by atoms with van der Waals surface area (Å²) >= 11 is 0. The molecule has 0 saturated carbocycles. The third-order valence-electron chi connectivity index (χ3n) is 9.44. The molecule has 8 nitrogen and oxygen atoms in total. The number of hydrogen-bond donors (Lipinski definition) is 3. The average molecular weight is 597 g/mol. The van der Waals surface area contributed by atoms with Gasteiger partial charge >= 0.3 is 6.03 Å². The fraction of sp³-hybridized carbons (Fsp3) is 0.389. The van der Waals surface area contributed by atoms with Gasteiger partial charge in [-0.25, -0.2) is 4.79 Å². The van der Waals surface area contributed by atoms with Crippen molar-refractivity contribution in [2.75, 3.05) is 10.2 Å². The molecule has 44 heavy (non-hydrogen) atoms. The minimum atomic E-state index is -1.28. The molecule has 8 heteroatoms. The van der Waals surface area contributed by atoms with E-state index in [-0.39, 0.29) is 18.4 Å². The second-order valence-corrected chi connectivity index (χ2v) is 13.1. The van der Waals surface area contributed by atoms with Gasteiger partial charge in [0.25, 0.3) is 0 Å². The molecule has 1 saturated heterocycles. The lowest BCUT2D eigenvalue weighted by molar-refractivity contribution is -0.139. The molecule has 232 valence electrons. The van der Waals surface area contributed by atoms with Crippen LogP contribution in [0.3, 0.4) is 0 Å². The van der Waals surface area contributed by atoms with Crippen LogP contribution in [-0.4, -0.2) is 23.8 Å². The Bertz CT molecular complexity index is 1530. The van der Waals surface area contributed by atoms with E-state index in [9.17, 15) is 19.2 Å². The normalized spacial score (nSPS) is 19.7. The number of para-hydroxylation sites is 1. The highest BCUT2D eigenvalue weighted by atomic mass is 16.2. The summed E-state index contributed by atoms with van der Waals surface area (Å²) in [5.74, 6) is -2.94. The third-order valence-corrected chi connectivity index (χ3v) is 9.44. The summed E-state index contributed by atoms with van der Waals surface area (Å²) in [6.07, 6.45) is 0.948. The van der Waals surface area contributed by atoms with Crippen molar-refractivity contribution in [1.82, 2.24) is 5.32 Å². The van der Waals surface area contributed by atoms with E-state index in [0.29, 0.717) is 17.8 Å². The first-order chi connectivity index (χ1) is 20.6. The lowest BCUT2D eigenvalue weighted by Gasteiger charge is -2.41. The number of amides is 5. The van der Waals surface area contributed by atoms with Crippen LogP contribution in [0.15, 0.2) is 78.9 Å². The highest BCUT2D eigenvalue weighted by molar-refractivity contribution is 6.23. The molecular formula is C36H44N4O4. The molecule has 4 unspecified atom stereocenters. The molecule has 0 aromatic heterocycles. The molecule has 0 bridgehead atoms. The SMILES string of the molecule is CCC(C)(CC(C)(C(N)=O)C1C(=O)N(c2ccccc2)C(=O)C1C)c1ccc(C(C)(C)NC(=O)Nc2ccc(C)cc2)cc1. The minimum absolute atomic E-state index is 0.280. The topological polar surface area (TPSA) is 122 Å². The number of nitrogens with one attached hydrogen (secondary N) is 2. The second-order valence-electron chi connectivity index (χ2n) is 13.1. The van der Waals surface area contributed by atoms with Gasteiger partial charge in [-0.15, -0.1) is 0 Å². The van der Waals surface area contributed by atoms with Gasteiger partial charge in [-0.05, 0) is 81.3 Å². The van der Waals surface area contributed by atoms with E-state index >= 15 is 0 Å². The van der Waals surface area contributed by atoms with Gasteiger partial charge < -0.3 is 16.4 Å². The van der Waals surface area contributed by atoms with Gasteiger partial charge in [-0.2, -0.15) is 0 Å². The maximum Gasteiger partial charge on any atom is 0.319 e. The number of imide groups is 1. The number of hydrogen-bond acceptors (Lipinski definition) is 4. The zero-order valence-corrected chi connectivity index (χ0v) is 26.7. The molecule has 4 atom stereocenters. The Morgan fingerprint density at radius 1 is 0.841 bits per heavy atom. The summed E-state index contributed by atoms with van der Waals surface area (Å²) < 4.78 is 0. The van der Waals surface area contributed by atoms with Crippen LogP contribution in [0.25, 0.3) is 0 Å². The second kappa shape index (κ2) is 12.3. The van der Waals surface area contributed by atoms with E-state index < -0.39 is 40.0 Å². The van der Waals surface area contributed by atoms with Crippen LogP contribution < -0.4 is 21.3 Å². The van der Waals surface area contributed by atoms with Crippen molar-refractivity contribution in [3.8, 4) is 0 Å². The number of rotatable bonds is 10. The number of nitrogens with zero attached hydrogens (tertiary/aromatic N) is 1. The molecule has 1 aliphatic heterocycles. The smallest absolute Gasteiger partial charge is 0.319 e. The molecule has 1 heterocycles. The van der Waals surface area contributed by atoms with Crippen molar-refractivity contribution >= 4 is 35.1 Å². The van der Waals surface area contributed by atoms with E-state index in [1.54, 1.807) is 38.1 Å².